The third kappa shape index (κ3) is 5.17. The number of nitrogens with one attached hydrogen (secondary N) is 2. The maximum atomic E-state index is 5.20. The lowest BCUT2D eigenvalue weighted by molar-refractivity contribution is 0.405. The van der Waals surface area contributed by atoms with Crippen LogP contribution < -0.4 is 15.4 Å². The van der Waals surface area contributed by atoms with Crippen LogP contribution in [-0.4, -0.2) is 54.4 Å². The van der Waals surface area contributed by atoms with Gasteiger partial charge in [-0.2, -0.15) is 10.1 Å². The minimum Gasteiger partial charge on any atom is -0.497 e. The van der Waals surface area contributed by atoms with Crippen molar-refractivity contribution in [2.75, 3.05) is 44.9 Å². The topological polar surface area (TPSA) is 75.2 Å². The van der Waals surface area contributed by atoms with Crippen molar-refractivity contribution in [2.24, 2.45) is 0 Å². The highest BCUT2D eigenvalue weighted by Gasteiger charge is 2.02. The highest BCUT2D eigenvalue weighted by atomic mass is 16.5. The smallest absolute Gasteiger partial charge is 0.244 e. The molecule has 22 heavy (non-hydrogen) atoms. The Labute approximate surface area is 130 Å². The Balaban J connectivity index is 1.93. The molecule has 0 unspecified atom stereocenters. The molecule has 1 aromatic carbocycles. The van der Waals surface area contributed by atoms with Crippen LogP contribution in [0.3, 0.4) is 0 Å². The molecule has 7 heteroatoms. The molecule has 0 aliphatic heterocycles. The third-order valence-corrected chi connectivity index (χ3v) is 2.97. The molecule has 2 N–H and O–H groups in total. The van der Waals surface area contributed by atoms with Gasteiger partial charge in [-0.15, -0.1) is 5.10 Å². The molecule has 0 bridgehead atoms. The molecule has 0 amide bonds. The van der Waals surface area contributed by atoms with Crippen molar-refractivity contribution in [3.05, 3.63) is 30.5 Å². The number of hydrogen-bond donors (Lipinski definition) is 2. The van der Waals surface area contributed by atoms with Gasteiger partial charge in [-0.1, -0.05) is 6.07 Å². The largest absolute Gasteiger partial charge is 0.497 e. The van der Waals surface area contributed by atoms with E-state index in [1.54, 1.807) is 13.3 Å². The first-order valence-electron chi connectivity index (χ1n) is 7.17. The summed E-state index contributed by atoms with van der Waals surface area (Å²) in [4.78, 5) is 6.53. The van der Waals surface area contributed by atoms with Gasteiger partial charge in [0.2, 0.25) is 5.95 Å². The lowest BCUT2D eigenvalue weighted by Crippen LogP contribution is -2.17. The Morgan fingerprint density at radius 1 is 1.27 bits per heavy atom. The van der Waals surface area contributed by atoms with Crippen molar-refractivity contribution in [1.29, 1.82) is 0 Å². The summed E-state index contributed by atoms with van der Waals surface area (Å²) in [5.74, 6) is 1.94. The number of methoxy groups -OCH3 is 1. The average Bonchev–Trinajstić information content (AvgIpc) is 2.52. The summed E-state index contributed by atoms with van der Waals surface area (Å²) in [5, 5.41) is 14.3. The summed E-state index contributed by atoms with van der Waals surface area (Å²) in [5.41, 5.74) is 0.887. The molecule has 118 valence electrons. The molecule has 0 saturated heterocycles. The molecule has 2 aromatic rings. The third-order valence-electron chi connectivity index (χ3n) is 2.97. The number of nitrogens with zero attached hydrogens (tertiary/aromatic N) is 4. The molecule has 1 aromatic heterocycles. The summed E-state index contributed by atoms with van der Waals surface area (Å²) < 4.78 is 5.20. The van der Waals surface area contributed by atoms with Crippen LogP contribution in [-0.2, 0) is 0 Å². The molecule has 1 heterocycles. The summed E-state index contributed by atoms with van der Waals surface area (Å²) >= 11 is 0. The summed E-state index contributed by atoms with van der Waals surface area (Å²) in [6.07, 6.45) is 2.61. The van der Waals surface area contributed by atoms with Gasteiger partial charge in [0.25, 0.3) is 0 Å². The van der Waals surface area contributed by atoms with Crippen molar-refractivity contribution in [1.82, 2.24) is 20.1 Å². The minimum atomic E-state index is 0.520. The van der Waals surface area contributed by atoms with Crippen LogP contribution in [0.4, 0.5) is 17.5 Å². The SMILES string of the molecule is COc1cccc(Nc2cnnc(NCCCN(C)C)n2)c1. The molecule has 0 aliphatic rings. The highest BCUT2D eigenvalue weighted by molar-refractivity contribution is 5.58. The lowest BCUT2D eigenvalue weighted by atomic mass is 10.3. The maximum absolute atomic E-state index is 5.20. The number of benzene rings is 1. The summed E-state index contributed by atoms with van der Waals surface area (Å²) in [6.45, 7) is 1.82. The van der Waals surface area contributed by atoms with E-state index in [2.05, 4.69) is 44.8 Å². The van der Waals surface area contributed by atoms with Crippen LogP contribution >= 0.6 is 0 Å². The number of hydrogen-bond acceptors (Lipinski definition) is 7. The van der Waals surface area contributed by atoms with E-state index in [9.17, 15) is 0 Å². The second-order valence-corrected chi connectivity index (χ2v) is 5.11. The predicted octanol–water partition coefficient (Wildman–Crippen LogP) is 1.99. The van der Waals surface area contributed by atoms with E-state index in [4.69, 9.17) is 4.74 Å². The van der Waals surface area contributed by atoms with Gasteiger partial charge < -0.3 is 20.3 Å². The molecular formula is C15H22N6O. The van der Waals surface area contributed by atoms with Gasteiger partial charge in [0.15, 0.2) is 5.82 Å². The van der Waals surface area contributed by atoms with E-state index in [-0.39, 0.29) is 0 Å². The summed E-state index contributed by atoms with van der Waals surface area (Å²) in [7, 11) is 5.74. The summed E-state index contributed by atoms with van der Waals surface area (Å²) in [6, 6.07) is 7.64. The zero-order chi connectivity index (χ0) is 15.8. The normalized spacial score (nSPS) is 10.5. The Hall–Kier alpha value is -2.41. The number of aromatic nitrogens is 3. The van der Waals surface area contributed by atoms with E-state index in [0.29, 0.717) is 11.8 Å². The number of anilines is 3. The van der Waals surface area contributed by atoms with Crippen LogP contribution in [0.25, 0.3) is 0 Å². The fraction of sp³-hybridized carbons (Fsp3) is 0.400. The van der Waals surface area contributed by atoms with Gasteiger partial charge in [0.1, 0.15) is 5.75 Å². The molecule has 2 rings (SSSR count). The predicted molar refractivity (Wildman–Crippen MR) is 87.8 cm³/mol. The van der Waals surface area contributed by atoms with E-state index in [0.717, 1.165) is 30.9 Å². The molecule has 0 saturated carbocycles. The standard InChI is InChI=1S/C15H22N6O/c1-21(2)9-5-8-16-15-19-14(11-17-20-15)18-12-6-4-7-13(10-12)22-3/h4,6-7,10-11H,5,8-9H2,1-3H3,(H2,16,18,19,20). The van der Waals surface area contributed by atoms with Gasteiger partial charge in [0.05, 0.1) is 13.3 Å². The van der Waals surface area contributed by atoms with Crippen molar-refractivity contribution >= 4 is 17.5 Å². The van der Waals surface area contributed by atoms with Crippen LogP contribution in [0, 0.1) is 0 Å². The second-order valence-electron chi connectivity index (χ2n) is 5.11. The quantitative estimate of drug-likeness (QED) is 0.722. The average molecular weight is 302 g/mol. The van der Waals surface area contributed by atoms with Crippen LogP contribution in [0.1, 0.15) is 6.42 Å². The van der Waals surface area contributed by atoms with E-state index < -0.39 is 0 Å². The van der Waals surface area contributed by atoms with E-state index >= 15 is 0 Å². The molecular weight excluding hydrogens is 280 g/mol. The van der Waals surface area contributed by atoms with Gasteiger partial charge in [0, 0.05) is 18.3 Å². The molecule has 0 radical (unpaired) electrons. The molecule has 0 spiro atoms. The van der Waals surface area contributed by atoms with Crippen molar-refractivity contribution < 1.29 is 4.74 Å². The van der Waals surface area contributed by atoms with Gasteiger partial charge in [-0.3, -0.25) is 0 Å². The number of rotatable bonds is 8. The highest BCUT2D eigenvalue weighted by Crippen LogP contribution is 2.19. The monoisotopic (exact) mass is 302 g/mol. The van der Waals surface area contributed by atoms with Gasteiger partial charge in [-0.05, 0) is 39.2 Å². The van der Waals surface area contributed by atoms with Crippen molar-refractivity contribution in [2.45, 2.75) is 6.42 Å². The zero-order valence-electron chi connectivity index (χ0n) is 13.2. The second kappa shape index (κ2) is 8.14. The van der Waals surface area contributed by atoms with E-state index in [1.165, 1.54) is 0 Å². The fourth-order valence-corrected chi connectivity index (χ4v) is 1.88. The fourth-order valence-electron chi connectivity index (χ4n) is 1.88. The Kier molecular flexibility index (Phi) is 5.91. The van der Waals surface area contributed by atoms with E-state index in [1.807, 2.05) is 24.3 Å². The van der Waals surface area contributed by atoms with Gasteiger partial charge >= 0.3 is 0 Å². The van der Waals surface area contributed by atoms with Crippen LogP contribution in [0.2, 0.25) is 0 Å². The van der Waals surface area contributed by atoms with Crippen molar-refractivity contribution in [3.8, 4) is 5.75 Å². The Bertz CT molecular complexity index is 590. The molecule has 7 nitrogen and oxygen atoms in total. The molecule has 0 atom stereocenters. The Morgan fingerprint density at radius 3 is 2.91 bits per heavy atom. The van der Waals surface area contributed by atoms with Crippen LogP contribution in [0.5, 0.6) is 5.75 Å². The Morgan fingerprint density at radius 2 is 2.14 bits per heavy atom. The minimum absolute atomic E-state index is 0.520. The maximum Gasteiger partial charge on any atom is 0.244 e. The first-order chi connectivity index (χ1) is 10.7. The zero-order valence-corrected chi connectivity index (χ0v) is 13.2. The first kappa shape index (κ1) is 16.0. The molecule has 0 aliphatic carbocycles. The number of ether oxygens (including phenoxy) is 1. The van der Waals surface area contributed by atoms with Crippen molar-refractivity contribution in [3.63, 3.8) is 0 Å². The first-order valence-corrected chi connectivity index (χ1v) is 7.17. The lowest BCUT2D eigenvalue weighted by Gasteiger charge is -2.10. The van der Waals surface area contributed by atoms with Crippen LogP contribution in [0.15, 0.2) is 30.5 Å². The molecule has 0 fully saturated rings. The van der Waals surface area contributed by atoms with Gasteiger partial charge in [-0.25, -0.2) is 0 Å².